The molecule has 6 heteroatoms. The topological polar surface area (TPSA) is 80.9 Å². The summed E-state index contributed by atoms with van der Waals surface area (Å²) in [5.41, 5.74) is 5.49. The molecule has 8 aromatic carbocycles. The lowest BCUT2D eigenvalue weighted by molar-refractivity contribution is 0.470. The number of phenols is 4. The van der Waals surface area contributed by atoms with Crippen LogP contribution >= 0.6 is 21.6 Å². The van der Waals surface area contributed by atoms with Crippen molar-refractivity contribution in [3.8, 4) is 45.3 Å². The molecule has 0 aliphatic rings. The van der Waals surface area contributed by atoms with Crippen LogP contribution in [0, 0.1) is 0 Å². The van der Waals surface area contributed by atoms with Gasteiger partial charge in [-0.2, -0.15) is 0 Å². The minimum absolute atomic E-state index is 0.190. The molecule has 0 bridgehead atoms. The van der Waals surface area contributed by atoms with Gasteiger partial charge in [-0.1, -0.05) is 285 Å². The second-order valence-corrected chi connectivity index (χ2v) is 25.1. The second kappa shape index (κ2) is 32.7. The van der Waals surface area contributed by atoms with Crippen LogP contribution in [0.1, 0.15) is 191 Å². The number of aromatic hydroxyl groups is 4. The number of hydrogen-bond acceptors (Lipinski definition) is 6. The maximum absolute atomic E-state index is 11.0. The van der Waals surface area contributed by atoms with Crippen LogP contribution in [0.5, 0.6) is 23.0 Å². The Labute approximate surface area is 476 Å². The molecule has 0 atom stereocenters. The first kappa shape index (κ1) is 58.8. The lowest BCUT2D eigenvalue weighted by Crippen LogP contribution is -1.90. The molecule has 0 aromatic heterocycles. The summed E-state index contributed by atoms with van der Waals surface area (Å²) in [6.07, 6.45) is 40.6. The molecular weight excluding hydrogens is 993 g/mol. The van der Waals surface area contributed by atoms with Crippen LogP contribution in [0.3, 0.4) is 0 Å². The Balaban J connectivity index is 0.533. The Morgan fingerprint density at radius 2 is 0.487 bits per heavy atom. The van der Waals surface area contributed by atoms with Crippen molar-refractivity contribution in [2.45, 2.75) is 193 Å². The van der Waals surface area contributed by atoms with Crippen molar-refractivity contribution >= 4 is 64.7 Å². The third kappa shape index (κ3) is 17.6. The van der Waals surface area contributed by atoms with Gasteiger partial charge in [0.05, 0.1) is 0 Å². The van der Waals surface area contributed by atoms with Crippen molar-refractivity contribution in [3.05, 3.63) is 145 Å². The van der Waals surface area contributed by atoms with Crippen LogP contribution in [0.15, 0.2) is 133 Å². The highest BCUT2D eigenvalue weighted by atomic mass is 33.1. The third-order valence-electron chi connectivity index (χ3n) is 16.4. The number of benzene rings is 8. The average molecular weight is 1080 g/mol. The van der Waals surface area contributed by atoms with Crippen molar-refractivity contribution in [2.24, 2.45) is 0 Å². The molecule has 0 saturated heterocycles. The van der Waals surface area contributed by atoms with Gasteiger partial charge in [0.1, 0.15) is 23.0 Å². The van der Waals surface area contributed by atoms with E-state index in [2.05, 4.69) is 58.0 Å². The van der Waals surface area contributed by atoms with Crippen molar-refractivity contribution < 1.29 is 20.4 Å². The summed E-state index contributed by atoms with van der Waals surface area (Å²) >= 11 is 0. The van der Waals surface area contributed by atoms with Gasteiger partial charge in [0.15, 0.2) is 0 Å². The van der Waals surface area contributed by atoms with E-state index >= 15 is 0 Å². The van der Waals surface area contributed by atoms with Crippen molar-refractivity contribution in [1.29, 1.82) is 0 Å². The van der Waals surface area contributed by atoms with E-state index in [0.717, 1.165) is 55.9 Å². The fourth-order valence-electron chi connectivity index (χ4n) is 12.0. The molecule has 8 rings (SSSR count). The number of rotatable bonds is 37. The van der Waals surface area contributed by atoms with E-state index in [4.69, 9.17) is 0 Å². The van der Waals surface area contributed by atoms with Gasteiger partial charge in [0.25, 0.3) is 0 Å². The standard InChI is InChI=1S/C72H90O4S2/c73-65-47-41-57-35-27-29-37-61(57)69(65)71-63-45-39-55(53-59(63)43-49-67(71)75)33-25-21-17-13-9-5-1-3-7-11-15-19-23-31-51-77-78-52-32-24-20-16-12-8-4-2-6-10-14-18-22-26-34-56-40-46-64-60(54-56)44-50-68(76)72(64)70-62-38-30-28-36-58(62)42-48-66(70)74/h27-30,35-50,53-54,73-76H,1-26,31-34,51-52H2. The van der Waals surface area contributed by atoms with Crippen LogP contribution in [0.25, 0.3) is 65.3 Å². The maximum atomic E-state index is 11.0. The molecule has 414 valence electrons. The number of aryl methyl sites for hydroxylation is 2. The summed E-state index contributed by atoms with van der Waals surface area (Å²) in [5, 5.41) is 51.9. The van der Waals surface area contributed by atoms with Crippen molar-refractivity contribution in [1.82, 2.24) is 0 Å². The van der Waals surface area contributed by atoms with Gasteiger partial charge in [-0.15, -0.1) is 0 Å². The van der Waals surface area contributed by atoms with Crippen molar-refractivity contribution in [2.75, 3.05) is 11.5 Å². The zero-order valence-electron chi connectivity index (χ0n) is 46.9. The lowest BCUT2D eigenvalue weighted by atomic mass is 9.91. The van der Waals surface area contributed by atoms with Crippen LogP contribution in [0.2, 0.25) is 0 Å². The zero-order chi connectivity index (χ0) is 54.0. The molecule has 0 fully saturated rings. The number of fused-ring (bicyclic) bond motifs is 4. The van der Waals surface area contributed by atoms with Gasteiger partial charge in [0.2, 0.25) is 0 Å². The summed E-state index contributed by atoms with van der Waals surface area (Å²) in [6, 6.07) is 44.1. The Bertz CT molecular complexity index is 2860. The van der Waals surface area contributed by atoms with E-state index in [1.807, 2.05) is 72.8 Å². The molecule has 0 spiro atoms. The van der Waals surface area contributed by atoms with E-state index in [-0.39, 0.29) is 23.0 Å². The van der Waals surface area contributed by atoms with E-state index in [9.17, 15) is 20.4 Å². The first-order chi connectivity index (χ1) is 38.5. The fourth-order valence-corrected chi connectivity index (χ4v) is 14.3. The monoisotopic (exact) mass is 1080 g/mol. The highest BCUT2D eigenvalue weighted by molar-refractivity contribution is 8.76. The smallest absolute Gasteiger partial charge is 0.124 e. The quantitative estimate of drug-likeness (QED) is 0.0230. The van der Waals surface area contributed by atoms with Crippen LogP contribution in [0.4, 0.5) is 0 Å². The first-order valence-corrected chi connectivity index (χ1v) is 33.1. The molecule has 0 saturated carbocycles. The molecule has 0 aliphatic carbocycles. The lowest BCUT2D eigenvalue weighted by Gasteiger charge is -2.15. The number of phenolic OH excluding ortho intramolecular Hbond substituents is 4. The average Bonchev–Trinajstić information content (AvgIpc) is 3.66. The fraction of sp³-hybridized carbons (Fsp3) is 0.444. The predicted octanol–water partition coefficient (Wildman–Crippen LogP) is 22.5. The highest BCUT2D eigenvalue weighted by Crippen LogP contribution is 2.46. The van der Waals surface area contributed by atoms with E-state index in [0.29, 0.717) is 22.3 Å². The Kier molecular flexibility index (Phi) is 24.7. The van der Waals surface area contributed by atoms with Crippen LogP contribution in [-0.2, 0) is 12.8 Å². The SMILES string of the molecule is Oc1ccc2ccccc2c1-c1c(O)ccc2cc(CCCCCCCCCCCCCCCCSSCCCCCCCCCCCCCCCCc3ccc4c(-c5c(O)ccc6ccccc56)c(O)ccc4c3)ccc12. The Hall–Kier alpha value is -5.30. The number of unbranched alkanes of at least 4 members (excludes halogenated alkanes) is 26. The second-order valence-electron chi connectivity index (χ2n) is 22.4. The zero-order valence-corrected chi connectivity index (χ0v) is 48.6. The Morgan fingerprint density at radius 1 is 0.231 bits per heavy atom. The normalized spacial score (nSPS) is 11.7. The predicted molar refractivity (Wildman–Crippen MR) is 342 cm³/mol. The Morgan fingerprint density at radius 3 is 0.808 bits per heavy atom. The largest absolute Gasteiger partial charge is 0.507 e. The summed E-state index contributed by atoms with van der Waals surface area (Å²) in [5.74, 6) is 3.42. The first-order valence-electron chi connectivity index (χ1n) is 30.6. The molecule has 0 unspecified atom stereocenters. The van der Waals surface area contributed by atoms with E-state index in [1.54, 1.807) is 24.3 Å². The van der Waals surface area contributed by atoms with Gasteiger partial charge in [-0.3, -0.25) is 0 Å². The molecule has 78 heavy (non-hydrogen) atoms. The van der Waals surface area contributed by atoms with Crippen LogP contribution in [-0.4, -0.2) is 31.9 Å². The summed E-state index contributed by atoms with van der Waals surface area (Å²) in [6.45, 7) is 0. The molecule has 0 amide bonds. The molecule has 0 aliphatic heterocycles. The summed E-state index contributed by atoms with van der Waals surface area (Å²) in [4.78, 5) is 0. The highest BCUT2D eigenvalue weighted by Gasteiger charge is 2.19. The summed E-state index contributed by atoms with van der Waals surface area (Å²) in [7, 11) is 4.23. The molecule has 0 radical (unpaired) electrons. The molecule has 8 aromatic rings. The summed E-state index contributed by atoms with van der Waals surface area (Å²) < 4.78 is 0. The van der Waals surface area contributed by atoms with Gasteiger partial charge in [-0.25, -0.2) is 0 Å². The molecule has 4 N–H and O–H groups in total. The van der Waals surface area contributed by atoms with Gasteiger partial charge in [0, 0.05) is 33.8 Å². The van der Waals surface area contributed by atoms with Gasteiger partial charge >= 0.3 is 0 Å². The van der Waals surface area contributed by atoms with Crippen LogP contribution < -0.4 is 0 Å². The molecular formula is C72H90O4S2. The maximum Gasteiger partial charge on any atom is 0.124 e. The number of hydrogen-bond donors (Lipinski definition) is 4. The van der Waals surface area contributed by atoms with Crippen molar-refractivity contribution in [3.63, 3.8) is 0 Å². The van der Waals surface area contributed by atoms with E-state index in [1.165, 1.54) is 202 Å². The van der Waals surface area contributed by atoms with E-state index < -0.39 is 0 Å². The van der Waals surface area contributed by atoms with Gasteiger partial charge < -0.3 is 20.4 Å². The van der Waals surface area contributed by atoms with Gasteiger partial charge in [-0.05, 0) is 117 Å². The molecule has 4 nitrogen and oxygen atoms in total. The minimum atomic E-state index is 0.190. The minimum Gasteiger partial charge on any atom is -0.507 e. The molecule has 0 heterocycles. The third-order valence-corrected chi connectivity index (χ3v) is 19.0.